The molecule has 2 N–H and O–H groups in total. The van der Waals surface area contributed by atoms with E-state index in [4.69, 9.17) is 9.84 Å². The van der Waals surface area contributed by atoms with Gasteiger partial charge in [0.1, 0.15) is 5.78 Å². The summed E-state index contributed by atoms with van der Waals surface area (Å²) in [6.45, 7) is 12.4. The van der Waals surface area contributed by atoms with Crippen molar-refractivity contribution >= 4 is 11.9 Å². The summed E-state index contributed by atoms with van der Waals surface area (Å²) in [6, 6.07) is -0.00907. The predicted molar refractivity (Wildman–Crippen MR) is 79.0 cm³/mol. The van der Waals surface area contributed by atoms with E-state index in [-0.39, 0.29) is 23.0 Å². The van der Waals surface area contributed by atoms with Gasteiger partial charge < -0.3 is 15.2 Å². The van der Waals surface area contributed by atoms with Crippen LogP contribution in [0.1, 0.15) is 67.2 Å². The molecule has 1 rings (SSSR count). The first kappa shape index (κ1) is 18.9. The number of hydrogen-bond acceptors (Lipinski definition) is 3. The third kappa shape index (κ3) is 12.0. The van der Waals surface area contributed by atoms with Crippen molar-refractivity contribution in [2.45, 2.75) is 84.5 Å². The van der Waals surface area contributed by atoms with Crippen molar-refractivity contribution < 1.29 is 19.4 Å². The maximum absolute atomic E-state index is 10.7. The maximum atomic E-state index is 10.7. The van der Waals surface area contributed by atoms with Crippen molar-refractivity contribution in [1.29, 1.82) is 0 Å². The van der Waals surface area contributed by atoms with Crippen molar-refractivity contribution in [3.63, 3.8) is 0 Å². The highest BCUT2D eigenvalue weighted by Gasteiger charge is 2.20. The maximum Gasteiger partial charge on any atom is 0.404 e. The van der Waals surface area contributed by atoms with Crippen LogP contribution in [0.25, 0.3) is 0 Å². The van der Waals surface area contributed by atoms with Crippen molar-refractivity contribution in [2.75, 3.05) is 0 Å². The Bertz CT molecular complexity index is 304. The fourth-order valence-corrected chi connectivity index (χ4v) is 2.18. The lowest BCUT2D eigenvalue weighted by Gasteiger charge is -2.30. The molecule has 0 radical (unpaired) electrons. The Morgan fingerprint density at radius 3 is 1.75 bits per heavy atom. The molecule has 0 saturated heterocycles. The van der Waals surface area contributed by atoms with E-state index in [0.717, 1.165) is 0 Å². The lowest BCUT2D eigenvalue weighted by molar-refractivity contribution is -0.120. The van der Waals surface area contributed by atoms with Gasteiger partial charge in [0.2, 0.25) is 0 Å². The number of ether oxygens (including phenoxy) is 1. The third-order valence-electron chi connectivity index (χ3n) is 2.48. The smallest absolute Gasteiger partial charge is 0.404 e. The van der Waals surface area contributed by atoms with Gasteiger partial charge in [-0.05, 0) is 54.4 Å². The molecule has 1 saturated carbocycles. The van der Waals surface area contributed by atoms with Crippen LogP contribution in [0.3, 0.4) is 0 Å². The average molecular weight is 287 g/mol. The monoisotopic (exact) mass is 287 g/mol. The predicted octanol–water partition coefficient (Wildman–Crippen LogP) is 3.37. The first-order chi connectivity index (χ1) is 8.89. The average Bonchev–Trinajstić information content (AvgIpc) is 2.16. The SMILES string of the molecule is CC(C)(C)OC(C)(C)C.O=C1CCC(NC(=O)O)CC1. The lowest BCUT2D eigenvalue weighted by atomic mass is 9.95. The van der Waals surface area contributed by atoms with Crippen LogP contribution >= 0.6 is 0 Å². The molecule has 0 unspecified atom stereocenters. The summed E-state index contributed by atoms with van der Waals surface area (Å²) in [6.07, 6.45) is 1.36. The third-order valence-corrected chi connectivity index (χ3v) is 2.48. The van der Waals surface area contributed by atoms with Crippen LogP contribution in [-0.4, -0.2) is 34.2 Å². The van der Waals surface area contributed by atoms with Gasteiger partial charge in [0, 0.05) is 18.9 Å². The zero-order valence-corrected chi connectivity index (χ0v) is 13.6. The minimum Gasteiger partial charge on any atom is -0.465 e. The topological polar surface area (TPSA) is 75.6 Å². The Morgan fingerprint density at radius 2 is 1.50 bits per heavy atom. The largest absolute Gasteiger partial charge is 0.465 e. The Morgan fingerprint density at radius 1 is 1.10 bits per heavy atom. The summed E-state index contributed by atoms with van der Waals surface area (Å²) < 4.78 is 5.62. The van der Waals surface area contributed by atoms with Gasteiger partial charge in [-0.2, -0.15) is 0 Å². The summed E-state index contributed by atoms with van der Waals surface area (Å²) in [5, 5.41) is 10.7. The fraction of sp³-hybridized carbons (Fsp3) is 0.867. The van der Waals surface area contributed by atoms with Crippen molar-refractivity contribution in [1.82, 2.24) is 5.32 Å². The first-order valence-electron chi connectivity index (χ1n) is 7.10. The quantitative estimate of drug-likeness (QED) is 0.775. The molecule has 5 heteroatoms. The zero-order valence-electron chi connectivity index (χ0n) is 13.6. The zero-order chi connectivity index (χ0) is 16.0. The van der Waals surface area contributed by atoms with E-state index in [1.807, 2.05) is 0 Å². The van der Waals surface area contributed by atoms with Crippen molar-refractivity contribution in [3.05, 3.63) is 0 Å². The lowest BCUT2D eigenvalue weighted by Crippen LogP contribution is -2.36. The molecule has 1 aliphatic carbocycles. The molecular weight excluding hydrogens is 258 g/mol. The molecule has 0 aromatic heterocycles. The molecule has 0 bridgehead atoms. The second-order valence-electron chi connectivity index (χ2n) is 7.09. The van der Waals surface area contributed by atoms with E-state index in [1.54, 1.807) is 0 Å². The molecule has 0 aromatic carbocycles. The number of rotatable bonds is 1. The molecule has 0 heterocycles. The number of amides is 1. The van der Waals surface area contributed by atoms with Gasteiger partial charge in [0.05, 0.1) is 11.2 Å². The van der Waals surface area contributed by atoms with E-state index in [2.05, 4.69) is 46.9 Å². The number of Topliss-reactive ketones (excluding diaryl/α,β-unsaturated/α-hetero) is 1. The second-order valence-corrected chi connectivity index (χ2v) is 7.09. The van der Waals surface area contributed by atoms with Gasteiger partial charge in [-0.1, -0.05) is 0 Å². The van der Waals surface area contributed by atoms with Crippen LogP contribution in [0.4, 0.5) is 4.79 Å². The van der Waals surface area contributed by atoms with Gasteiger partial charge in [-0.25, -0.2) is 4.79 Å². The normalized spacial score (nSPS) is 17.2. The Labute approximate surface area is 122 Å². The summed E-state index contributed by atoms with van der Waals surface area (Å²) in [4.78, 5) is 20.9. The molecule has 1 amide bonds. The number of carbonyl (C=O) groups is 2. The van der Waals surface area contributed by atoms with E-state index < -0.39 is 6.09 Å². The van der Waals surface area contributed by atoms with E-state index in [0.29, 0.717) is 25.7 Å². The summed E-state index contributed by atoms with van der Waals surface area (Å²) in [7, 11) is 0. The molecule has 5 nitrogen and oxygen atoms in total. The molecule has 118 valence electrons. The molecule has 0 spiro atoms. The Kier molecular flexibility index (Phi) is 7.20. The summed E-state index contributed by atoms with van der Waals surface area (Å²) in [5.41, 5.74) is -0.0312. The highest BCUT2D eigenvalue weighted by molar-refractivity contribution is 5.79. The summed E-state index contributed by atoms with van der Waals surface area (Å²) >= 11 is 0. The minimum absolute atomic E-state index is 0.00907. The van der Waals surface area contributed by atoms with Crippen LogP contribution in [0.5, 0.6) is 0 Å². The van der Waals surface area contributed by atoms with E-state index in [9.17, 15) is 9.59 Å². The molecule has 20 heavy (non-hydrogen) atoms. The van der Waals surface area contributed by atoms with Gasteiger partial charge >= 0.3 is 6.09 Å². The fourth-order valence-electron chi connectivity index (χ4n) is 2.18. The molecule has 1 aliphatic rings. The van der Waals surface area contributed by atoms with Crippen LogP contribution < -0.4 is 5.32 Å². The molecule has 0 aliphatic heterocycles. The highest BCUT2D eigenvalue weighted by atomic mass is 16.5. The van der Waals surface area contributed by atoms with Gasteiger partial charge in [-0.3, -0.25) is 4.79 Å². The van der Waals surface area contributed by atoms with Crippen LogP contribution in [0, 0.1) is 0 Å². The molecule has 1 fully saturated rings. The molecule has 0 aromatic rings. The van der Waals surface area contributed by atoms with E-state index in [1.165, 1.54) is 0 Å². The van der Waals surface area contributed by atoms with Gasteiger partial charge in [-0.15, -0.1) is 0 Å². The van der Waals surface area contributed by atoms with Crippen LogP contribution in [0.2, 0.25) is 0 Å². The highest BCUT2D eigenvalue weighted by Crippen LogP contribution is 2.18. The standard InChI is InChI=1S/C8H18O.C7H11NO3/c1-7(2,3)9-8(4,5)6;9-6-3-1-5(2-4-6)8-7(10)11/h1-6H3;5,8H,1-4H2,(H,10,11). The first-order valence-corrected chi connectivity index (χ1v) is 7.10. The Balaban J connectivity index is 0.000000370. The number of carbonyl (C=O) groups excluding carboxylic acids is 1. The van der Waals surface area contributed by atoms with E-state index >= 15 is 0 Å². The van der Waals surface area contributed by atoms with Crippen LogP contribution in [0.15, 0.2) is 0 Å². The second kappa shape index (κ2) is 7.62. The molecular formula is C15H29NO4. The Hall–Kier alpha value is -1.10. The van der Waals surface area contributed by atoms with Crippen molar-refractivity contribution in [3.8, 4) is 0 Å². The summed E-state index contributed by atoms with van der Waals surface area (Å²) in [5.74, 6) is 0.244. The van der Waals surface area contributed by atoms with Gasteiger partial charge in [0.15, 0.2) is 0 Å². The van der Waals surface area contributed by atoms with Crippen molar-refractivity contribution in [2.24, 2.45) is 0 Å². The number of nitrogens with one attached hydrogen (secondary N) is 1. The minimum atomic E-state index is -0.996. The number of hydrogen-bond donors (Lipinski definition) is 2. The van der Waals surface area contributed by atoms with Crippen LogP contribution in [-0.2, 0) is 9.53 Å². The number of carboxylic acid groups (broad SMARTS) is 1. The molecule has 0 atom stereocenters. The number of ketones is 1. The van der Waals surface area contributed by atoms with Gasteiger partial charge in [0.25, 0.3) is 0 Å².